The fourth-order valence-corrected chi connectivity index (χ4v) is 2.33. The van der Waals surface area contributed by atoms with E-state index in [4.69, 9.17) is 9.15 Å². The molecule has 1 aromatic carbocycles. The number of hydrogen-bond donors (Lipinski definition) is 0. The van der Waals surface area contributed by atoms with Crippen molar-refractivity contribution in [2.45, 2.75) is 32.7 Å². The lowest BCUT2D eigenvalue weighted by atomic mass is 10.2. The molecular formula is C17H23NO3. The van der Waals surface area contributed by atoms with Crippen LogP contribution in [0, 0.1) is 0 Å². The van der Waals surface area contributed by atoms with E-state index in [1.807, 2.05) is 32.2 Å². The summed E-state index contributed by atoms with van der Waals surface area (Å²) in [6.45, 7) is 5.22. The summed E-state index contributed by atoms with van der Waals surface area (Å²) in [7, 11) is 2.04. The van der Waals surface area contributed by atoms with E-state index in [-0.39, 0.29) is 12.0 Å². The molecule has 1 atom stereocenters. The average molecular weight is 289 g/mol. The highest BCUT2D eigenvalue weighted by molar-refractivity contribution is 5.77. The van der Waals surface area contributed by atoms with Crippen LogP contribution >= 0.6 is 0 Å². The van der Waals surface area contributed by atoms with Gasteiger partial charge in [0.15, 0.2) is 0 Å². The Labute approximate surface area is 125 Å². The Kier molecular flexibility index (Phi) is 5.39. The number of benzene rings is 1. The second-order valence-electron chi connectivity index (χ2n) is 5.25. The fraction of sp³-hybridized carbons (Fsp3) is 0.471. The number of ether oxygens (including phenoxy) is 1. The molecule has 0 saturated heterocycles. The van der Waals surface area contributed by atoms with E-state index < -0.39 is 0 Å². The number of para-hydroxylation sites is 1. The maximum atomic E-state index is 11.3. The van der Waals surface area contributed by atoms with E-state index in [1.54, 1.807) is 0 Å². The van der Waals surface area contributed by atoms with Crippen LogP contribution in [0.1, 0.15) is 38.5 Å². The molecule has 0 aliphatic heterocycles. The van der Waals surface area contributed by atoms with E-state index in [1.165, 1.54) is 0 Å². The van der Waals surface area contributed by atoms with Gasteiger partial charge < -0.3 is 9.15 Å². The molecule has 1 aromatic heterocycles. The predicted octanol–water partition coefficient (Wildman–Crippen LogP) is 3.77. The van der Waals surface area contributed by atoms with Gasteiger partial charge in [-0.1, -0.05) is 18.2 Å². The minimum absolute atomic E-state index is 0.123. The highest BCUT2D eigenvalue weighted by atomic mass is 16.5. The van der Waals surface area contributed by atoms with Gasteiger partial charge in [-0.2, -0.15) is 0 Å². The number of rotatable bonds is 7. The first-order chi connectivity index (χ1) is 10.1. The van der Waals surface area contributed by atoms with Crippen molar-refractivity contribution < 1.29 is 13.9 Å². The van der Waals surface area contributed by atoms with Crippen molar-refractivity contribution >= 4 is 16.9 Å². The summed E-state index contributed by atoms with van der Waals surface area (Å²) in [5, 5.41) is 1.12. The van der Waals surface area contributed by atoms with Gasteiger partial charge in [-0.05, 0) is 46.0 Å². The predicted molar refractivity (Wildman–Crippen MR) is 83.1 cm³/mol. The molecule has 4 nitrogen and oxygen atoms in total. The van der Waals surface area contributed by atoms with Crippen LogP contribution in [0.4, 0.5) is 0 Å². The highest BCUT2D eigenvalue weighted by Crippen LogP contribution is 2.26. The molecule has 0 saturated carbocycles. The van der Waals surface area contributed by atoms with Crippen molar-refractivity contribution in [3.63, 3.8) is 0 Å². The van der Waals surface area contributed by atoms with Gasteiger partial charge in [0, 0.05) is 11.8 Å². The van der Waals surface area contributed by atoms with Crippen LogP contribution in [0.3, 0.4) is 0 Å². The zero-order chi connectivity index (χ0) is 15.2. The quantitative estimate of drug-likeness (QED) is 0.728. The fourth-order valence-electron chi connectivity index (χ4n) is 2.33. The lowest BCUT2D eigenvalue weighted by Crippen LogP contribution is -2.24. The normalized spacial score (nSPS) is 12.8. The summed E-state index contributed by atoms with van der Waals surface area (Å²) in [6.07, 6.45) is 1.25. The number of esters is 1. The smallest absolute Gasteiger partial charge is 0.305 e. The topological polar surface area (TPSA) is 42.7 Å². The van der Waals surface area contributed by atoms with Gasteiger partial charge in [-0.25, -0.2) is 0 Å². The third-order valence-corrected chi connectivity index (χ3v) is 3.71. The monoisotopic (exact) mass is 289 g/mol. The van der Waals surface area contributed by atoms with E-state index in [0.717, 1.165) is 29.7 Å². The van der Waals surface area contributed by atoms with E-state index in [9.17, 15) is 4.79 Å². The SMILES string of the molecule is CCOC(=O)CCCN(C)C(C)c1cc2ccccc2o1. The van der Waals surface area contributed by atoms with Crippen LogP contribution in [0.2, 0.25) is 0 Å². The molecule has 0 fully saturated rings. The van der Waals surface area contributed by atoms with Crippen molar-refractivity contribution in [3.05, 3.63) is 36.1 Å². The number of carbonyl (C=O) groups is 1. The van der Waals surface area contributed by atoms with Crippen molar-refractivity contribution in [1.82, 2.24) is 4.90 Å². The number of hydrogen-bond acceptors (Lipinski definition) is 4. The molecule has 0 radical (unpaired) electrons. The summed E-state index contributed by atoms with van der Waals surface area (Å²) in [5.41, 5.74) is 0.916. The minimum Gasteiger partial charge on any atom is -0.466 e. The minimum atomic E-state index is -0.123. The van der Waals surface area contributed by atoms with Crippen molar-refractivity contribution in [3.8, 4) is 0 Å². The van der Waals surface area contributed by atoms with Crippen LogP contribution in [0.15, 0.2) is 34.7 Å². The third-order valence-electron chi connectivity index (χ3n) is 3.71. The first-order valence-electron chi connectivity index (χ1n) is 7.46. The Morgan fingerprint density at radius 1 is 1.38 bits per heavy atom. The van der Waals surface area contributed by atoms with Crippen molar-refractivity contribution in [1.29, 1.82) is 0 Å². The molecular weight excluding hydrogens is 266 g/mol. The second kappa shape index (κ2) is 7.27. The summed E-state index contributed by atoms with van der Waals surface area (Å²) in [6, 6.07) is 10.3. The second-order valence-corrected chi connectivity index (χ2v) is 5.25. The molecule has 1 unspecified atom stereocenters. The van der Waals surface area contributed by atoms with Crippen molar-refractivity contribution in [2.75, 3.05) is 20.2 Å². The molecule has 2 rings (SSSR count). The number of fused-ring (bicyclic) bond motifs is 1. The maximum absolute atomic E-state index is 11.3. The van der Waals surface area contributed by atoms with E-state index in [0.29, 0.717) is 13.0 Å². The first kappa shape index (κ1) is 15.6. The number of carbonyl (C=O) groups excluding carboxylic acids is 1. The Hall–Kier alpha value is -1.81. The van der Waals surface area contributed by atoms with Crippen LogP contribution in [-0.2, 0) is 9.53 Å². The lowest BCUT2D eigenvalue weighted by molar-refractivity contribution is -0.143. The van der Waals surface area contributed by atoms with Gasteiger partial charge in [-0.3, -0.25) is 9.69 Å². The van der Waals surface area contributed by atoms with E-state index in [2.05, 4.69) is 24.0 Å². The lowest BCUT2D eigenvalue weighted by Gasteiger charge is -2.22. The Morgan fingerprint density at radius 2 is 2.14 bits per heavy atom. The van der Waals surface area contributed by atoms with Crippen LogP contribution in [0.5, 0.6) is 0 Å². The Balaban J connectivity index is 1.89. The highest BCUT2D eigenvalue weighted by Gasteiger charge is 2.16. The van der Waals surface area contributed by atoms with Crippen LogP contribution < -0.4 is 0 Å². The first-order valence-corrected chi connectivity index (χ1v) is 7.46. The molecule has 0 amide bonds. The van der Waals surface area contributed by atoms with Gasteiger partial charge in [0.1, 0.15) is 11.3 Å². The largest absolute Gasteiger partial charge is 0.466 e. The molecule has 0 aliphatic carbocycles. The zero-order valence-electron chi connectivity index (χ0n) is 13.0. The summed E-state index contributed by atoms with van der Waals surface area (Å²) < 4.78 is 10.8. The standard InChI is InChI=1S/C17H23NO3/c1-4-20-17(19)10-7-11-18(3)13(2)16-12-14-8-5-6-9-15(14)21-16/h5-6,8-9,12-13H,4,7,10-11H2,1-3H3. The Morgan fingerprint density at radius 3 is 2.86 bits per heavy atom. The average Bonchev–Trinajstić information content (AvgIpc) is 2.90. The molecule has 114 valence electrons. The van der Waals surface area contributed by atoms with Gasteiger partial charge in [0.2, 0.25) is 0 Å². The number of nitrogens with zero attached hydrogens (tertiary/aromatic N) is 1. The summed E-state index contributed by atoms with van der Waals surface area (Å²) in [4.78, 5) is 13.5. The molecule has 0 N–H and O–H groups in total. The summed E-state index contributed by atoms with van der Waals surface area (Å²) in [5.74, 6) is 0.831. The molecule has 0 aliphatic rings. The van der Waals surface area contributed by atoms with Crippen LogP contribution in [-0.4, -0.2) is 31.1 Å². The van der Waals surface area contributed by atoms with E-state index >= 15 is 0 Å². The van der Waals surface area contributed by atoms with Gasteiger partial charge >= 0.3 is 5.97 Å². The van der Waals surface area contributed by atoms with Gasteiger partial charge in [0.25, 0.3) is 0 Å². The molecule has 1 heterocycles. The Bertz CT molecular complexity index is 557. The van der Waals surface area contributed by atoms with Gasteiger partial charge in [-0.15, -0.1) is 0 Å². The molecule has 2 aromatic rings. The van der Waals surface area contributed by atoms with Crippen LogP contribution in [0.25, 0.3) is 11.0 Å². The number of furan rings is 1. The van der Waals surface area contributed by atoms with Crippen molar-refractivity contribution in [2.24, 2.45) is 0 Å². The summed E-state index contributed by atoms with van der Waals surface area (Å²) >= 11 is 0. The van der Waals surface area contributed by atoms with Gasteiger partial charge in [0.05, 0.1) is 12.6 Å². The molecule has 0 spiro atoms. The molecule has 0 bridgehead atoms. The molecule has 4 heteroatoms. The zero-order valence-corrected chi connectivity index (χ0v) is 13.0. The molecule has 21 heavy (non-hydrogen) atoms. The third kappa shape index (κ3) is 4.08. The maximum Gasteiger partial charge on any atom is 0.305 e.